The van der Waals surface area contributed by atoms with Gasteiger partial charge in [0.05, 0.1) is 25.4 Å². The number of esters is 1. The summed E-state index contributed by atoms with van der Waals surface area (Å²) in [5.41, 5.74) is 0.0750. The highest BCUT2D eigenvalue weighted by Crippen LogP contribution is 2.29. The molecule has 1 aromatic heterocycles. The second-order valence-electron chi connectivity index (χ2n) is 7.04. The number of methoxy groups -OCH3 is 1. The number of ether oxygens (including phenoxy) is 2. The van der Waals surface area contributed by atoms with E-state index in [4.69, 9.17) is 4.74 Å². The van der Waals surface area contributed by atoms with Gasteiger partial charge in [-0.1, -0.05) is 6.07 Å². The van der Waals surface area contributed by atoms with Crippen molar-refractivity contribution in [2.24, 2.45) is 0 Å². The zero-order valence-corrected chi connectivity index (χ0v) is 16.6. The molecule has 2 aromatic rings. The maximum absolute atomic E-state index is 14.6. The molecule has 0 amide bonds. The predicted octanol–water partition coefficient (Wildman–Crippen LogP) is 2.80. The largest absolute Gasteiger partial charge is 0.464 e. The van der Waals surface area contributed by atoms with Crippen molar-refractivity contribution in [3.63, 3.8) is 0 Å². The molecule has 156 valence electrons. The van der Waals surface area contributed by atoms with Crippen molar-refractivity contribution in [2.75, 3.05) is 32.1 Å². The van der Waals surface area contributed by atoms with Crippen LogP contribution in [0.3, 0.4) is 0 Å². The van der Waals surface area contributed by atoms with Crippen LogP contribution >= 0.6 is 0 Å². The van der Waals surface area contributed by atoms with Crippen LogP contribution in [0.4, 0.5) is 14.6 Å². The van der Waals surface area contributed by atoms with Gasteiger partial charge in [-0.15, -0.1) is 10.2 Å². The number of rotatable bonds is 6. The van der Waals surface area contributed by atoms with Crippen LogP contribution in [0.5, 0.6) is 0 Å². The lowest BCUT2D eigenvalue weighted by atomic mass is 10.0. The number of carbonyl (C=O) groups is 1. The summed E-state index contributed by atoms with van der Waals surface area (Å²) in [7, 11) is 1.26. The highest BCUT2D eigenvalue weighted by atomic mass is 19.1. The zero-order chi connectivity index (χ0) is 21.0. The number of benzene rings is 1. The molecule has 0 aliphatic carbocycles. The summed E-state index contributed by atoms with van der Waals surface area (Å²) in [6.07, 6.45) is -0.120. The minimum Gasteiger partial charge on any atom is -0.464 e. The zero-order valence-electron chi connectivity index (χ0n) is 16.6. The van der Waals surface area contributed by atoms with Gasteiger partial charge in [0.2, 0.25) is 0 Å². The smallest absolute Gasteiger partial charge is 0.358 e. The monoisotopic (exact) mass is 406 g/mol. The molecule has 29 heavy (non-hydrogen) atoms. The van der Waals surface area contributed by atoms with Gasteiger partial charge >= 0.3 is 5.97 Å². The average molecular weight is 406 g/mol. The van der Waals surface area contributed by atoms with Gasteiger partial charge < -0.3 is 14.8 Å². The summed E-state index contributed by atoms with van der Waals surface area (Å²) < 4.78 is 39.5. The highest BCUT2D eigenvalue weighted by Gasteiger charge is 2.32. The van der Waals surface area contributed by atoms with Crippen molar-refractivity contribution in [2.45, 2.75) is 32.1 Å². The molecule has 9 heteroatoms. The van der Waals surface area contributed by atoms with E-state index in [1.807, 2.05) is 18.7 Å². The van der Waals surface area contributed by atoms with Crippen LogP contribution in [-0.2, 0) is 9.47 Å². The van der Waals surface area contributed by atoms with E-state index in [-0.39, 0.29) is 30.0 Å². The minimum absolute atomic E-state index is 0.000407. The molecule has 3 rings (SSSR count). The molecule has 1 aliphatic rings. The summed E-state index contributed by atoms with van der Waals surface area (Å²) in [5.74, 6) is -1.41. The molecule has 0 saturated carbocycles. The fourth-order valence-electron chi connectivity index (χ4n) is 3.56. The SMILES string of the molecule is COC(=O)c1ccc(NCC(c2c(F)cccc2F)N2CC(C)OC(C)C2)nn1. The summed E-state index contributed by atoms with van der Waals surface area (Å²) in [6, 6.07) is 6.32. The Hall–Kier alpha value is -2.65. The maximum Gasteiger partial charge on any atom is 0.358 e. The van der Waals surface area contributed by atoms with Crippen LogP contribution in [0.2, 0.25) is 0 Å². The Balaban J connectivity index is 1.83. The first-order valence-electron chi connectivity index (χ1n) is 9.38. The number of hydrogen-bond donors (Lipinski definition) is 1. The molecular formula is C20H24F2N4O3. The van der Waals surface area contributed by atoms with E-state index in [9.17, 15) is 13.6 Å². The average Bonchev–Trinajstić information content (AvgIpc) is 2.69. The molecule has 0 bridgehead atoms. The van der Waals surface area contributed by atoms with Crippen molar-refractivity contribution >= 4 is 11.8 Å². The molecule has 1 fully saturated rings. The molecule has 0 spiro atoms. The van der Waals surface area contributed by atoms with Gasteiger partial charge in [-0.05, 0) is 38.1 Å². The number of nitrogens with zero attached hydrogens (tertiary/aromatic N) is 3. The lowest BCUT2D eigenvalue weighted by Gasteiger charge is -2.40. The number of halogens is 2. The van der Waals surface area contributed by atoms with Crippen LogP contribution < -0.4 is 5.32 Å². The number of morpholine rings is 1. The summed E-state index contributed by atoms with van der Waals surface area (Å²) >= 11 is 0. The van der Waals surface area contributed by atoms with E-state index in [0.29, 0.717) is 18.9 Å². The molecule has 1 N–H and O–H groups in total. The van der Waals surface area contributed by atoms with Crippen molar-refractivity contribution in [3.05, 3.63) is 53.2 Å². The van der Waals surface area contributed by atoms with E-state index in [0.717, 1.165) is 0 Å². The van der Waals surface area contributed by atoms with Crippen molar-refractivity contribution in [3.8, 4) is 0 Å². The van der Waals surface area contributed by atoms with Gasteiger partial charge in [0, 0.05) is 25.2 Å². The lowest BCUT2D eigenvalue weighted by molar-refractivity contribution is -0.0801. The van der Waals surface area contributed by atoms with Gasteiger partial charge in [-0.3, -0.25) is 4.90 Å². The Morgan fingerprint density at radius 2 is 1.86 bits per heavy atom. The first-order chi connectivity index (χ1) is 13.9. The van der Waals surface area contributed by atoms with Gasteiger partial charge in [-0.25, -0.2) is 13.6 Å². The molecule has 0 radical (unpaired) electrons. The number of carbonyl (C=O) groups excluding carboxylic acids is 1. The third kappa shape index (κ3) is 5.04. The quantitative estimate of drug-likeness (QED) is 0.740. The van der Waals surface area contributed by atoms with Crippen molar-refractivity contribution in [1.29, 1.82) is 0 Å². The van der Waals surface area contributed by atoms with Gasteiger partial charge in [0.1, 0.15) is 17.5 Å². The Morgan fingerprint density at radius 1 is 1.21 bits per heavy atom. The van der Waals surface area contributed by atoms with Gasteiger partial charge in [0.15, 0.2) is 5.69 Å². The Labute approximate surface area is 168 Å². The first-order valence-corrected chi connectivity index (χ1v) is 9.38. The molecule has 1 saturated heterocycles. The van der Waals surface area contributed by atoms with E-state index < -0.39 is 23.6 Å². The number of nitrogens with one attached hydrogen (secondary N) is 1. The summed E-state index contributed by atoms with van der Waals surface area (Å²) in [6.45, 7) is 5.14. The van der Waals surface area contributed by atoms with Crippen molar-refractivity contribution < 1.29 is 23.0 Å². The second-order valence-corrected chi connectivity index (χ2v) is 7.04. The Morgan fingerprint density at radius 3 is 2.41 bits per heavy atom. The van der Waals surface area contributed by atoms with Gasteiger partial charge in [-0.2, -0.15) is 0 Å². The molecule has 3 atom stereocenters. The number of aromatic nitrogens is 2. The van der Waals surface area contributed by atoms with E-state index in [2.05, 4.69) is 20.3 Å². The van der Waals surface area contributed by atoms with Crippen molar-refractivity contribution in [1.82, 2.24) is 15.1 Å². The topological polar surface area (TPSA) is 76.6 Å². The van der Waals surface area contributed by atoms with Crippen LogP contribution in [0.15, 0.2) is 30.3 Å². The van der Waals surface area contributed by atoms with Crippen LogP contribution in [0.25, 0.3) is 0 Å². The minimum atomic E-state index is -0.601. The third-order valence-corrected chi connectivity index (χ3v) is 4.76. The first kappa shape index (κ1) is 21.1. The van der Waals surface area contributed by atoms with Crippen LogP contribution in [0, 0.1) is 11.6 Å². The fourth-order valence-corrected chi connectivity index (χ4v) is 3.56. The standard InChI is InChI=1S/C20H24F2N4O3/c1-12-10-26(11-13(2)29-12)17(19-14(21)5-4-6-15(19)22)9-23-18-8-7-16(24-25-18)20(27)28-3/h4-8,12-13,17H,9-11H2,1-3H3,(H,23,25). The molecular weight excluding hydrogens is 382 g/mol. The highest BCUT2D eigenvalue weighted by molar-refractivity contribution is 5.86. The Kier molecular flexibility index (Phi) is 6.71. The normalized spacial score (nSPS) is 20.9. The second kappa shape index (κ2) is 9.23. The number of hydrogen-bond acceptors (Lipinski definition) is 7. The summed E-state index contributed by atoms with van der Waals surface area (Å²) in [5, 5.41) is 10.8. The van der Waals surface area contributed by atoms with E-state index in [1.54, 1.807) is 6.07 Å². The molecule has 1 aliphatic heterocycles. The van der Waals surface area contributed by atoms with E-state index in [1.165, 1.54) is 31.4 Å². The summed E-state index contributed by atoms with van der Waals surface area (Å²) in [4.78, 5) is 13.5. The van der Waals surface area contributed by atoms with Gasteiger partial charge in [0.25, 0.3) is 0 Å². The molecule has 2 heterocycles. The molecule has 3 unspecified atom stereocenters. The maximum atomic E-state index is 14.6. The predicted molar refractivity (Wildman–Crippen MR) is 103 cm³/mol. The molecule has 1 aromatic carbocycles. The fraction of sp³-hybridized carbons (Fsp3) is 0.450. The molecule has 7 nitrogen and oxygen atoms in total. The Bertz CT molecular complexity index is 820. The van der Waals surface area contributed by atoms with E-state index >= 15 is 0 Å². The lowest BCUT2D eigenvalue weighted by Crippen LogP contribution is -2.48. The van der Waals surface area contributed by atoms with Crippen LogP contribution in [0.1, 0.15) is 35.9 Å². The van der Waals surface area contributed by atoms with Crippen LogP contribution in [-0.4, -0.2) is 60.0 Å². The number of anilines is 1. The third-order valence-electron chi connectivity index (χ3n) is 4.76.